The Balaban J connectivity index is -0.000000688. The Kier molecular flexibility index (Phi) is 31.0. The Morgan fingerprint density at radius 3 is 1.17 bits per heavy atom. The maximum atomic E-state index is 11.6. The van der Waals surface area contributed by atoms with E-state index in [4.69, 9.17) is 0 Å². The van der Waals surface area contributed by atoms with E-state index in [0.717, 1.165) is 25.7 Å². The van der Waals surface area contributed by atoms with Crippen molar-refractivity contribution in [2.75, 3.05) is 38.7 Å². The van der Waals surface area contributed by atoms with Crippen LogP contribution in [0.4, 0.5) is 0 Å². The zero-order chi connectivity index (χ0) is 30.9. The van der Waals surface area contributed by atoms with Gasteiger partial charge >= 0.3 is 37.7 Å². The smallest absolute Gasteiger partial charge is 0.748 e. The van der Waals surface area contributed by atoms with Crippen LogP contribution in [0, 0.1) is 0 Å². The molecule has 0 saturated carbocycles. The first-order valence-electron chi connectivity index (χ1n) is 14.4. The number of amides is 2. The standard InChI is InChI=1S/2C14H27NO4S.Ca/c2*1-3-4-5-6-7-8-9-10-11-14(16)15(2)12-13-20(17,18)19;/h2*10-11H,3-9,12-13H2,1-2H3,(H,17,18,19);/q;;+2/p-2/b2*11-10+;. The second kappa shape index (κ2) is 28.3. The summed E-state index contributed by atoms with van der Waals surface area (Å²) in [5, 5.41) is 0. The molecule has 0 aliphatic heterocycles. The number of rotatable bonds is 22. The molecule has 0 saturated heterocycles. The summed E-state index contributed by atoms with van der Waals surface area (Å²) in [6.45, 7) is 4.24. The summed E-state index contributed by atoms with van der Waals surface area (Å²) in [7, 11) is -5.54. The molecule has 41 heavy (non-hydrogen) atoms. The molecular formula is C28H52CaN2O8S2. The van der Waals surface area contributed by atoms with E-state index in [2.05, 4.69) is 13.8 Å². The summed E-state index contributed by atoms with van der Waals surface area (Å²) in [4.78, 5) is 25.6. The molecule has 0 aromatic rings. The molecule has 0 aliphatic carbocycles. The third-order valence-electron chi connectivity index (χ3n) is 6.08. The second-order valence-corrected chi connectivity index (χ2v) is 13.0. The van der Waals surface area contributed by atoms with Crippen LogP contribution in [0.25, 0.3) is 0 Å². The molecule has 0 heterocycles. The van der Waals surface area contributed by atoms with E-state index < -0.39 is 31.7 Å². The maximum absolute atomic E-state index is 11.6. The molecule has 0 rings (SSSR count). The Morgan fingerprint density at radius 1 is 0.585 bits per heavy atom. The van der Waals surface area contributed by atoms with Gasteiger partial charge in [-0.05, 0) is 37.8 Å². The molecule has 0 aliphatic rings. The summed E-state index contributed by atoms with van der Waals surface area (Å²) < 4.78 is 62.7. The molecule has 2 amide bonds. The third-order valence-corrected chi connectivity index (χ3v) is 7.44. The minimum atomic E-state index is -4.26. The van der Waals surface area contributed by atoms with E-state index in [0.29, 0.717) is 0 Å². The van der Waals surface area contributed by atoms with Crippen LogP contribution in [0.15, 0.2) is 24.3 Å². The van der Waals surface area contributed by atoms with Crippen molar-refractivity contribution in [3.63, 3.8) is 0 Å². The van der Waals surface area contributed by atoms with Gasteiger partial charge in [-0.2, -0.15) is 0 Å². The van der Waals surface area contributed by atoms with Crippen molar-refractivity contribution in [2.24, 2.45) is 0 Å². The Labute approximate surface area is 279 Å². The number of allylic oxidation sites excluding steroid dienone is 2. The normalized spacial score (nSPS) is 11.7. The monoisotopic (exact) mass is 648 g/mol. The molecule has 0 aromatic carbocycles. The number of nitrogens with zero attached hydrogens (tertiary/aromatic N) is 2. The Morgan fingerprint density at radius 2 is 0.878 bits per heavy atom. The average Bonchev–Trinajstić information content (AvgIpc) is 2.88. The van der Waals surface area contributed by atoms with Gasteiger partial charge in [-0.15, -0.1) is 0 Å². The van der Waals surface area contributed by atoms with Crippen LogP contribution in [-0.4, -0.2) is 124 Å². The van der Waals surface area contributed by atoms with Crippen molar-refractivity contribution >= 4 is 69.8 Å². The Hall–Kier alpha value is -0.500. The first kappa shape index (κ1) is 44.9. The number of unbranched alkanes of at least 4 members (excludes halogenated alkanes) is 12. The van der Waals surface area contributed by atoms with Crippen LogP contribution in [0.2, 0.25) is 0 Å². The van der Waals surface area contributed by atoms with Crippen molar-refractivity contribution in [3.8, 4) is 0 Å². The maximum Gasteiger partial charge on any atom is 2.00 e. The predicted octanol–water partition coefficient (Wildman–Crippen LogP) is 4.21. The van der Waals surface area contributed by atoms with Gasteiger partial charge in [-0.3, -0.25) is 9.59 Å². The van der Waals surface area contributed by atoms with Crippen LogP contribution in [-0.2, 0) is 29.8 Å². The molecule has 13 heteroatoms. The molecule has 0 bridgehead atoms. The van der Waals surface area contributed by atoms with Gasteiger partial charge in [0.2, 0.25) is 11.8 Å². The van der Waals surface area contributed by atoms with Gasteiger partial charge in [0.1, 0.15) is 0 Å². The van der Waals surface area contributed by atoms with Crippen molar-refractivity contribution in [1.29, 1.82) is 0 Å². The first-order chi connectivity index (χ1) is 18.7. The fraction of sp³-hybridized carbons (Fsp3) is 0.786. The molecule has 236 valence electrons. The molecule has 0 spiro atoms. The molecule has 0 fully saturated rings. The van der Waals surface area contributed by atoms with Crippen LogP contribution in [0.5, 0.6) is 0 Å². The van der Waals surface area contributed by atoms with Gasteiger partial charge in [0, 0.05) is 27.2 Å². The van der Waals surface area contributed by atoms with E-state index in [9.17, 15) is 35.5 Å². The van der Waals surface area contributed by atoms with Gasteiger partial charge in [0.15, 0.2) is 0 Å². The van der Waals surface area contributed by atoms with Crippen LogP contribution in [0.3, 0.4) is 0 Å². The van der Waals surface area contributed by atoms with Crippen molar-refractivity contribution in [2.45, 2.75) is 104 Å². The predicted molar refractivity (Wildman–Crippen MR) is 164 cm³/mol. The topological polar surface area (TPSA) is 155 Å². The van der Waals surface area contributed by atoms with Crippen LogP contribution in [0.1, 0.15) is 104 Å². The number of carbonyl (C=O) groups excluding carboxylic acids is 2. The molecule has 0 radical (unpaired) electrons. The summed E-state index contributed by atoms with van der Waals surface area (Å²) in [6.07, 6.45) is 22.7. The number of carbonyl (C=O) groups is 2. The van der Waals surface area contributed by atoms with Crippen molar-refractivity contribution < 1.29 is 35.5 Å². The molecule has 0 atom stereocenters. The minimum absolute atomic E-state index is 0. The van der Waals surface area contributed by atoms with E-state index in [1.165, 1.54) is 100 Å². The minimum Gasteiger partial charge on any atom is -0.748 e. The number of likely N-dealkylation sites (N-methyl/N-ethyl adjacent to an activating group) is 2. The average molecular weight is 649 g/mol. The van der Waals surface area contributed by atoms with E-state index in [-0.39, 0.29) is 62.6 Å². The van der Waals surface area contributed by atoms with Crippen LogP contribution >= 0.6 is 0 Å². The van der Waals surface area contributed by atoms with Gasteiger partial charge < -0.3 is 18.9 Å². The summed E-state index contributed by atoms with van der Waals surface area (Å²) >= 11 is 0. The second-order valence-electron chi connectivity index (χ2n) is 9.96. The molecule has 0 aromatic heterocycles. The van der Waals surface area contributed by atoms with Gasteiger partial charge in [0.05, 0.1) is 31.7 Å². The molecule has 0 unspecified atom stereocenters. The fourth-order valence-corrected chi connectivity index (χ4v) is 4.42. The summed E-state index contributed by atoms with van der Waals surface area (Å²) in [5.41, 5.74) is 0. The molecule has 10 nitrogen and oxygen atoms in total. The third kappa shape index (κ3) is 35.6. The largest absolute Gasteiger partial charge is 2.00 e. The van der Waals surface area contributed by atoms with Crippen molar-refractivity contribution in [3.05, 3.63) is 24.3 Å². The number of hydrogen-bond donors (Lipinski definition) is 0. The molecular weight excluding hydrogens is 597 g/mol. The zero-order valence-corrected chi connectivity index (χ0v) is 29.6. The number of hydrogen-bond acceptors (Lipinski definition) is 8. The quantitative estimate of drug-likeness (QED) is 0.0732. The van der Waals surface area contributed by atoms with E-state index in [1.54, 1.807) is 0 Å². The van der Waals surface area contributed by atoms with Gasteiger partial charge in [0.25, 0.3) is 0 Å². The van der Waals surface area contributed by atoms with E-state index in [1.807, 2.05) is 12.2 Å². The van der Waals surface area contributed by atoms with Gasteiger partial charge in [-0.25, -0.2) is 16.8 Å². The summed E-state index contributed by atoms with van der Waals surface area (Å²) in [6, 6.07) is 0. The summed E-state index contributed by atoms with van der Waals surface area (Å²) in [5.74, 6) is -1.61. The zero-order valence-electron chi connectivity index (χ0n) is 25.7. The first-order valence-corrected chi connectivity index (χ1v) is 17.6. The fourth-order valence-electron chi connectivity index (χ4n) is 3.43. The van der Waals surface area contributed by atoms with Crippen LogP contribution < -0.4 is 0 Å². The SMILES string of the molecule is CCCCCCCC/C=C/C(=O)N(C)CCS(=O)(=O)[O-].CCCCCCCC/C=C/C(=O)N(C)CCS(=O)(=O)[O-].[Ca+2]. The Bertz CT molecular complexity index is 863. The van der Waals surface area contributed by atoms with E-state index >= 15 is 0 Å². The van der Waals surface area contributed by atoms with Crippen molar-refractivity contribution in [1.82, 2.24) is 9.80 Å². The molecule has 0 N–H and O–H groups in total. The van der Waals surface area contributed by atoms with Gasteiger partial charge in [-0.1, -0.05) is 90.2 Å².